The molecule has 2 rings (SSSR count). The first kappa shape index (κ1) is 13.2. The topological polar surface area (TPSA) is 69.6 Å². The first-order valence-corrected chi connectivity index (χ1v) is 5.63. The zero-order valence-electron chi connectivity index (χ0n) is 9.52. The maximum atomic E-state index is 12.9. The van der Waals surface area contributed by atoms with Crippen LogP contribution in [0.1, 0.15) is 10.4 Å². The summed E-state index contributed by atoms with van der Waals surface area (Å²) in [6, 6.07) is 7.05. The van der Waals surface area contributed by atoms with E-state index in [9.17, 15) is 19.4 Å². The van der Waals surface area contributed by atoms with Crippen LogP contribution >= 0.6 is 11.6 Å². The molecule has 0 aliphatic heterocycles. The number of phenols is 2. The van der Waals surface area contributed by atoms with Crippen molar-refractivity contribution in [3.05, 3.63) is 52.8 Å². The van der Waals surface area contributed by atoms with Gasteiger partial charge in [0.2, 0.25) is 0 Å². The van der Waals surface area contributed by atoms with E-state index in [0.29, 0.717) is 0 Å². The Kier molecular flexibility index (Phi) is 3.57. The normalized spacial score (nSPS) is 10.2. The quantitative estimate of drug-likeness (QED) is 0.741. The lowest BCUT2D eigenvalue weighted by Gasteiger charge is -2.08. The number of phenolic OH excluding ortho intramolecular Hbond substituents is 2. The molecule has 6 heteroatoms. The van der Waals surface area contributed by atoms with Gasteiger partial charge in [-0.25, -0.2) is 4.39 Å². The van der Waals surface area contributed by atoms with Gasteiger partial charge in [0, 0.05) is 0 Å². The summed E-state index contributed by atoms with van der Waals surface area (Å²) >= 11 is 5.77. The molecule has 0 heterocycles. The standard InChI is InChI=1S/C13H9ClFNO3/c14-10-5-7(15)1-3-11(10)16-13(19)9-6-8(17)2-4-12(9)18/h1-6,17-18H,(H,16,19). The lowest BCUT2D eigenvalue weighted by molar-refractivity contribution is 0.102. The van der Waals surface area contributed by atoms with Gasteiger partial charge in [-0.3, -0.25) is 4.79 Å². The maximum Gasteiger partial charge on any atom is 0.259 e. The number of rotatable bonds is 2. The van der Waals surface area contributed by atoms with Crippen molar-refractivity contribution in [2.45, 2.75) is 0 Å². The van der Waals surface area contributed by atoms with Crippen LogP contribution in [-0.2, 0) is 0 Å². The van der Waals surface area contributed by atoms with E-state index < -0.39 is 11.7 Å². The maximum absolute atomic E-state index is 12.9. The number of carbonyl (C=O) groups excluding carboxylic acids is 1. The van der Waals surface area contributed by atoms with E-state index in [1.807, 2.05) is 0 Å². The first-order chi connectivity index (χ1) is 8.97. The molecule has 0 spiro atoms. The largest absolute Gasteiger partial charge is 0.508 e. The number of carbonyl (C=O) groups is 1. The number of halogens is 2. The molecule has 3 N–H and O–H groups in total. The van der Waals surface area contributed by atoms with Crippen LogP contribution in [0.4, 0.5) is 10.1 Å². The zero-order valence-corrected chi connectivity index (χ0v) is 10.3. The third-order valence-corrected chi connectivity index (χ3v) is 2.72. The molecule has 0 bridgehead atoms. The summed E-state index contributed by atoms with van der Waals surface area (Å²) < 4.78 is 12.9. The van der Waals surface area contributed by atoms with E-state index >= 15 is 0 Å². The summed E-state index contributed by atoms with van der Waals surface area (Å²) in [6.07, 6.45) is 0. The Balaban J connectivity index is 2.28. The van der Waals surface area contributed by atoms with Crippen molar-refractivity contribution in [3.63, 3.8) is 0 Å². The molecule has 1 amide bonds. The summed E-state index contributed by atoms with van der Waals surface area (Å²) in [6.45, 7) is 0. The van der Waals surface area contributed by atoms with Crippen LogP contribution in [0, 0.1) is 5.82 Å². The monoisotopic (exact) mass is 281 g/mol. The van der Waals surface area contributed by atoms with Gasteiger partial charge in [-0.05, 0) is 36.4 Å². The predicted molar refractivity (Wildman–Crippen MR) is 69.1 cm³/mol. The molecule has 4 nitrogen and oxygen atoms in total. The van der Waals surface area contributed by atoms with E-state index in [2.05, 4.69) is 5.32 Å². The van der Waals surface area contributed by atoms with E-state index in [1.165, 1.54) is 18.2 Å². The van der Waals surface area contributed by atoms with Gasteiger partial charge in [-0.2, -0.15) is 0 Å². The van der Waals surface area contributed by atoms with E-state index in [-0.39, 0.29) is 27.8 Å². The molecule has 0 unspecified atom stereocenters. The average Bonchev–Trinajstić information content (AvgIpc) is 2.35. The van der Waals surface area contributed by atoms with Crippen LogP contribution in [0.15, 0.2) is 36.4 Å². The highest BCUT2D eigenvalue weighted by molar-refractivity contribution is 6.34. The van der Waals surface area contributed by atoms with E-state index in [4.69, 9.17) is 11.6 Å². The second-order valence-corrected chi connectivity index (χ2v) is 4.19. The molecule has 0 atom stereocenters. The van der Waals surface area contributed by atoms with Gasteiger partial charge in [0.05, 0.1) is 16.3 Å². The second-order valence-electron chi connectivity index (χ2n) is 3.78. The van der Waals surface area contributed by atoms with Gasteiger partial charge in [0.15, 0.2) is 0 Å². The molecule has 98 valence electrons. The highest BCUT2D eigenvalue weighted by Gasteiger charge is 2.13. The minimum absolute atomic E-state index is 0.0352. The minimum atomic E-state index is -0.665. The van der Waals surface area contributed by atoms with Gasteiger partial charge in [-0.1, -0.05) is 11.6 Å². The Morgan fingerprint density at radius 2 is 1.89 bits per heavy atom. The molecular weight excluding hydrogens is 273 g/mol. The third kappa shape index (κ3) is 2.95. The van der Waals surface area contributed by atoms with Crippen molar-refractivity contribution >= 4 is 23.2 Å². The number of amides is 1. The number of anilines is 1. The number of hydrogen-bond acceptors (Lipinski definition) is 3. The predicted octanol–water partition coefficient (Wildman–Crippen LogP) is 3.14. The Bertz CT molecular complexity index is 646. The molecule has 0 saturated carbocycles. The Labute approximate surface area is 113 Å². The van der Waals surface area contributed by atoms with Crippen molar-refractivity contribution in [2.75, 3.05) is 5.32 Å². The van der Waals surface area contributed by atoms with Crippen molar-refractivity contribution in [2.24, 2.45) is 0 Å². The number of aromatic hydroxyl groups is 2. The average molecular weight is 282 g/mol. The summed E-state index contributed by atoms with van der Waals surface area (Å²) in [5, 5.41) is 21.3. The summed E-state index contributed by atoms with van der Waals surface area (Å²) in [4.78, 5) is 11.9. The SMILES string of the molecule is O=C(Nc1ccc(F)cc1Cl)c1cc(O)ccc1O. The lowest BCUT2D eigenvalue weighted by atomic mass is 10.1. The Morgan fingerprint density at radius 1 is 1.16 bits per heavy atom. The molecule has 0 fully saturated rings. The molecule has 2 aromatic carbocycles. The van der Waals surface area contributed by atoms with Gasteiger partial charge in [0.1, 0.15) is 17.3 Å². The number of benzene rings is 2. The highest BCUT2D eigenvalue weighted by Crippen LogP contribution is 2.26. The van der Waals surface area contributed by atoms with Crippen molar-refractivity contribution in [1.82, 2.24) is 0 Å². The fraction of sp³-hybridized carbons (Fsp3) is 0. The second kappa shape index (κ2) is 5.16. The lowest BCUT2D eigenvalue weighted by Crippen LogP contribution is -2.12. The van der Waals surface area contributed by atoms with Crippen LogP contribution in [0.5, 0.6) is 11.5 Å². The van der Waals surface area contributed by atoms with Crippen LogP contribution in [0.25, 0.3) is 0 Å². The van der Waals surface area contributed by atoms with Crippen molar-refractivity contribution in [1.29, 1.82) is 0 Å². The molecule has 0 radical (unpaired) electrons. The van der Waals surface area contributed by atoms with E-state index in [0.717, 1.165) is 18.2 Å². The van der Waals surface area contributed by atoms with Gasteiger partial charge < -0.3 is 15.5 Å². The summed E-state index contributed by atoms with van der Waals surface area (Å²) in [5.41, 5.74) is 0.0937. The molecule has 19 heavy (non-hydrogen) atoms. The Hall–Kier alpha value is -2.27. The van der Waals surface area contributed by atoms with E-state index in [1.54, 1.807) is 0 Å². The van der Waals surface area contributed by atoms with Crippen LogP contribution in [0.2, 0.25) is 5.02 Å². The van der Waals surface area contributed by atoms with Gasteiger partial charge in [-0.15, -0.1) is 0 Å². The Morgan fingerprint density at radius 3 is 2.58 bits per heavy atom. The number of hydrogen-bond donors (Lipinski definition) is 3. The highest BCUT2D eigenvalue weighted by atomic mass is 35.5. The first-order valence-electron chi connectivity index (χ1n) is 5.26. The summed E-state index contributed by atoms with van der Waals surface area (Å²) in [5.74, 6) is -1.63. The minimum Gasteiger partial charge on any atom is -0.508 e. The molecule has 0 aliphatic rings. The zero-order chi connectivity index (χ0) is 14.0. The van der Waals surface area contributed by atoms with Crippen LogP contribution in [-0.4, -0.2) is 16.1 Å². The van der Waals surface area contributed by atoms with Crippen molar-refractivity contribution < 1.29 is 19.4 Å². The molecule has 2 aromatic rings. The van der Waals surface area contributed by atoms with Gasteiger partial charge >= 0.3 is 0 Å². The number of nitrogens with one attached hydrogen (secondary N) is 1. The van der Waals surface area contributed by atoms with Crippen molar-refractivity contribution in [3.8, 4) is 11.5 Å². The van der Waals surface area contributed by atoms with Gasteiger partial charge in [0.25, 0.3) is 5.91 Å². The van der Waals surface area contributed by atoms with Crippen LogP contribution in [0.3, 0.4) is 0 Å². The smallest absolute Gasteiger partial charge is 0.259 e. The van der Waals surface area contributed by atoms with Crippen LogP contribution < -0.4 is 5.32 Å². The molecule has 0 aromatic heterocycles. The summed E-state index contributed by atoms with van der Waals surface area (Å²) in [7, 11) is 0. The fourth-order valence-corrected chi connectivity index (χ4v) is 1.70. The third-order valence-electron chi connectivity index (χ3n) is 2.40. The fourth-order valence-electron chi connectivity index (χ4n) is 1.49. The molecular formula is C13H9ClFNO3. The molecule has 0 saturated heterocycles. The molecule has 0 aliphatic carbocycles.